The minimum atomic E-state index is -3.67. The summed E-state index contributed by atoms with van der Waals surface area (Å²) in [5, 5.41) is 9.07. The van der Waals surface area contributed by atoms with Crippen molar-refractivity contribution >= 4 is 13.4 Å². The Balaban J connectivity index is 4.85. The van der Waals surface area contributed by atoms with Crippen LogP contribution in [0.4, 0.5) is 0 Å². The number of hydrogen-bond donors (Lipinski definition) is 0. The highest BCUT2D eigenvalue weighted by atomic mass is 31.2. The van der Waals surface area contributed by atoms with Crippen LogP contribution in [-0.2, 0) is 18.4 Å². The summed E-state index contributed by atoms with van der Waals surface area (Å²) < 4.78 is 23.2. The molecule has 0 aromatic carbocycles. The molecule has 0 unspecified atom stereocenters. The Bertz CT molecular complexity index is 337. The van der Waals surface area contributed by atoms with Crippen LogP contribution in [0.5, 0.6) is 0 Å². The number of nitrogens with zero attached hydrogens (tertiary/aromatic N) is 1. The summed E-state index contributed by atoms with van der Waals surface area (Å²) in [7, 11) is -3.67. The molecule has 0 aliphatic carbocycles. The van der Waals surface area contributed by atoms with Gasteiger partial charge in [-0.25, -0.2) is 0 Å². The van der Waals surface area contributed by atoms with Crippen LogP contribution in [0.25, 0.3) is 0 Å². The highest BCUT2D eigenvalue weighted by Crippen LogP contribution is 2.53. The van der Waals surface area contributed by atoms with Gasteiger partial charge in [-0.15, -0.1) is 0 Å². The number of carbonyl (C=O) groups excluding carboxylic acids is 1. The van der Waals surface area contributed by atoms with E-state index < -0.39 is 13.3 Å². The summed E-state index contributed by atoms with van der Waals surface area (Å²) in [5.74, 6) is -0.390. The molecule has 110 valence electrons. The van der Waals surface area contributed by atoms with Crippen molar-refractivity contribution in [2.75, 3.05) is 13.2 Å². The van der Waals surface area contributed by atoms with Crippen LogP contribution in [0, 0.1) is 11.3 Å². The maximum Gasteiger partial charge on any atom is 0.355 e. The van der Waals surface area contributed by atoms with E-state index in [9.17, 15) is 9.36 Å². The van der Waals surface area contributed by atoms with E-state index in [-0.39, 0.29) is 25.4 Å². The molecule has 0 aromatic rings. The fourth-order valence-corrected chi connectivity index (χ4v) is 3.19. The first-order valence-electron chi connectivity index (χ1n) is 6.86. The van der Waals surface area contributed by atoms with Gasteiger partial charge in [0.2, 0.25) is 5.66 Å². The highest BCUT2D eigenvalue weighted by molar-refractivity contribution is 7.56. The van der Waals surface area contributed by atoms with Crippen molar-refractivity contribution < 1.29 is 18.4 Å². The van der Waals surface area contributed by atoms with E-state index in [1.165, 1.54) is 0 Å². The monoisotopic (exact) mass is 289 g/mol. The molecular weight excluding hydrogens is 265 g/mol. The molecule has 0 fully saturated rings. The average molecular weight is 289 g/mol. The second-order valence-corrected chi connectivity index (χ2v) is 6.38. The smallest absolute Gasteiger partial charge is 0.307 e. The Labute approximate surface area is 115 Å². The first-order valence-corrected chi connectivity index (χ1v) is 8.48. The van der Waals surface area contributed by atoms with Crippen molar-refractivity contribution in [2.45, 2.75) is 58.5 Å². The summed E-state index contributed by atoms with van der Waals surface area (Å²) >= 11 is 0. The van der Waals surface area contributed by atoms with Gasteiger partial charge in [-0.2, -0.15) is 5.26 Å². The molecule has 1 atom stereocenters. The Morgan fingerprint density at radius 3 is 1.95 bits per heavy atom. The van der Waals surface area contributed by atoms with Gasteiger partial charge in [0, 0.05) is 6.42 Å². The van der Waals surface area contributed by atoms with Gasteiger partial charge in [0.15, 0.2) is 5.78 Å². The summed E-state index contributed by atoms with van der Waals surface area (Å²) in [4.78, 5) is 11.7. The molecule has 0 heterocycles. The third-order valence-electron chi connectivity index (χ3n) is 2.63. The SMILES string of the molecule is CCCCOP(=O)(OCCCC)[C@H](C#N)C(=O)CC. The molecule has 0 saturated heterocycles. The zero-order chi connectivity index (χ0) is 14.7. The van der Waals surface area contributed by atoms with Crippen LogP contribution < -0.4 is 0 Å². The van der Waals surface area contributed by atoms with Crippen molar-refractivity contribution in [2.24, 2.45) is 0 Å². The molecule has 5 nitrogen and oxygen atoms in total. The maximum atomic E-state index is 12.6. The van der Waals surface area contributed by atoms with Crippen molar-refractivity contribution in [3.05, 3.63) is 0 Å². The molecule has 0 radical (unpaired) electrons. The van der Waals surface area contributed by atoms with Crippen LogP contribution in [0.3, 0.4) is 0 Å². The molecule has 0 amide bonds. The lowest BCUT2D eigenvalue weighted by atomic mass is 10.2. The molecule has 0 N–H and O–H groups in total. The van der Waals surface area contributed by atoms with Crippen LogP contribution in [0.15, 0.2) is 0 Å². The van der Waals surface area contributed by atoms with E-state index >= 15 is 0 Å². The third-order valence-corrected chi connectivity index (χ3v) is 4.75. The second-order valence-electron chi connectivity index (χ2n) is 4.26. The molecule has 19 heavy (non-hydrogen) atoms. The van der Waals surface area contributed by atoms with E-state index in [0.717, 1.165) is 25.7 Å². The number of nitriles is 1. The van der Waals surface area contributed by atoms with Crippen LogP contribution >= 0.6 is 7.60 Å². The van der Waals surface area contributed by atoms with Crippen molar-refractivity contribution in [1.82, 2.24) is 0 Å². The number of unbranched alkanes of at least 4 members (excludes halogenated alkanes) is 2. The fourth-order valence-electron chi connectivity index (χ4n) is 1.37. The lowest BCUT2D eigenvalue weighted by Gasteiger charge is -2.21. The zero-order valence-corrected chi connectivity index (χ0v) is 12.9. The van der Waals surface area contributed by atoms with E-state index in [1.807, 2.05) is 13.8 Å². The van der Waals surface area contributed by atoms with Gasteiger partial charge in [0.25, 0.3) is 0 Å². The van der Waals surface area contributed by atoms with Gasteiger partial charge in [-0.1, -0.05) is 33.6 Å². The van der Waals surface area contributed by atoms with Crippen molar-refractivity contribution in [3.63, 3.8) is 0 Å². The average Bonchev–Trinajstić information content (AvgIpc) is 2.40. The Hall–Kier alpha value is -0.690. The number of ketones is 1. The molecular formula is C13H24NO4P. The molecule has 0 rings (SSSR count). The summed E-state index contributed by atoms with van der Waals surface area (Å²) in [6.07, 6.45) is 3.36. The Morgan fingerprint density at radius 1 is 1.16 bits per heavy atom. The number of carbonyl (C=O) groups is 1. The first kappa shape index (κ1) is 18.3. The minimum absolute atomic E-state index is 0.149. The topological polar surface area (TPSA) is 76.4 Å². The summed E-state index contributed by atoms with van der Waals surface area (Å²) in [6, 6.07) is 1.78. The summed E-state index contributed by atoms with van der Waals surface area (Å²) in [6.45, 7) is 6.08. The summed E-state index contributed by atoms with van der Waals surface area (Å²) in [5.41, 5.74) is -1.30. The normalized spacial score (nSPS) is 12.9. The predicted octanol–water partition coefficient (Wildman–Crippen LogP) is 3.68. The molecule has 6 heteroatoms. The van der Waals surface area contributed by atoms with Gasteiger partial charge in [0.05, 0.1) is 19.3 Å². The fraction of sp³-hybridized carbons (Fsp3) is 0.846. The van der Waals surface area contributed by atoms with Gasteiger partial charge in [0.1, 0.15) is 0 Å². The van der Waals surface area contributed by atoms with Gasteiger partial charge in [-0.05, 0) is 12.8 Å². The lowest BCUT2D eigenvalue weighted by Crippen LogP contribution is -2.21. The lowest BCUT2D eigenvalue weighted by molar-refractivity contribution is -0.117. The molecule has 0 saturated carbocycles. The van der Waals surface area contributed by atoms with Crippen LogP contribution in [0.1, 0.15) is 52.9 Å². The molecule has 0 aliphatic rings. The maximum absolute atomic E-state index is 12.6. The predicted molar refractivity (Wildman–Crippen MR) is 74.0 cm³/mol. The van der Waals surface area contributed by atoms with E-state index in [0.29, 0.717) is 0 Å². The van der Waals surface area contributed by atoms with Gasteiger partial charge < -0.3 is 9.05 Å². The Morgan fingerprint density at radius 2 is 1.63 bits per heavy atom. The highest BCUT2D eigenvalue weighted by Gasteiger charge is 2.40. The van der Waals surface area contributed by atoms with Crippen molar-refractivity contribution in [1.29, 1.82) is 5.26 Å². The standard InChI is InChI=1S/C13H24NO4P/c1-4-7-9-17-19(16,18-10-8-5-2)13(11-14)12(15)6-3/h13H,4-10H2,1-3H3/t13-/m1/s1. The minimum Gasteiger partial charge on any atom is -0.307 e. The largest absolute Gasteiger partial charge is 0.355 e. The number of hydrogen-bond acceptors (Lipinski definition) is 5. The van der Waals surface area contributed by atoms with Crippen molar-refractivity contribution in [3.8, 4) is 6.07 Å². The second kappa shape index (κ2) is 10.1. The molecule has 0 spiro atoms. The van der Waals surface area contributed by atoms with Gasteiger partial charge >= 0.3 is 7.60 Å². The quantitative estimate of drug-likeness (QED) is 0.428. The molecule has 0 bridgehead atoms. The third kappa shape index (κ3) is 6.33. The van der Waals surface area contributed by atoms with E-state index in [4.69, 9.17) is 14.3 Å². The molecule has 0 aliphatic heterocycles. The number of rotatable bonds is 11. The molecule has 0 aromatic heterocycles. The van der Waals surface area contributed by atoms with Crippen LogP contribution in [0.2, 0.25) is 0 Å². The van der Waals surface area contributed by atoms with Crippen LogP contribution in [-0.4, -0.2) is 24.7 Å². The first-order chi connectivity index (χ1) is 9.05. The Kier molecular flexibility index (Phi) is 9.77. The zero-order valence-electron chi connectivity index (χ0n) is 12.1. The number of Topliss-reactive ketones (excluding diaryl/α,β-unsaturated/α-hetero) is 1. The van der Waals surface area contributed by atoms with E-state index in [2.05, 4.69) is 0 Å². The van der Waals surface area contributed by atoms with E-state index in [1.54, 1.807) is 13.0 Å². The van der Waals surface area contributed by atoms with Gasteiger partial charge in [-0.3, -0.25) is 9.36 Å².